The number of benzene rings is 2. The number of aromatic amines is 1. The van der Waals surface area contributed by atoms with Crippen LogP contribution in [0.1, 0.15) is 36.1 Å². The molecule has 0 aliphatic carbocycles. The molecule has 0 aliphatic heterocycles. The molecule has 0 bridgehead atoms. The van der Waals surface area contributed by atoms with Crippen molar-refractivity contribution in [2.45, 2.75) is 51.9 Å². The maximum absolute atomic E-state index is 12.8. The Balaban J connectivity index is 1.82. The summed E-state index contributed by atoms with van der Waals surface area (Å²) in [7, 11) is 0. The van der Waals surface area contributed by atoms with Gasteiger partial charge in [0.05, 0.1) is 10.9 Å². The van der Waals surface area contributed by atoms with Gasteiger partial charge in [0.15, 0.2) is 10.9 Å². The number of aryl methyl sites for hydroxylation is 4. The zero-order valence-corrected chi connectivity index (χ0v) is 20.3. The number of anilines is 2. The molecule has 2 aromatic carbocycles. The average molecular weight is 466 g/mol. The molecule has 172 valence electrons. The van der Waals surface area contributed by atoms with Gasteiger partial charge < -0.3 is 10.6 Å². The highest BCUT2D eigenvalue weighted by Crippen LogP contribution is 2.30. The zero-order valence-electron chi connectivity index (χ0n) is 19.5. The van der Waals surface area contributed by atoms with Crippen LogP contribution in [0.4, 0.5) is 11.4 Å². The standard InChI is InChI=1S/C24H27N5O3S/c1-12-7-8-19(14(3)9-12)26-22(31)16(5)33-24-27-23(32)21(28-29-24)18-11-13(2)10-15(4)20(18)25-17(6)30/h7-11,16H,1-6H3,(H,25,30)(H,26,31)(H,27,29,32)/t16-/m0/s1. The molecule has 8 nitrogen and oxygen atoms in total. The summed E-state index contributed by atoms with van der Waals surface area (Å²) < 4.78 is 0. The Morgan fingerprint density at radius 3 is 2.30 bits per heavy atom. The number of nitrogens with one attached hydrogen (secondary N) is 3. The van der Waals surface area contributed by atoms with Crippen LogP contribution in [0.2, 0.25) is 0 Å². The van der Waals surface area contributed by atoms with Gasteiger partial charge in [-0.2, -0.15) is 0 Å². The van der Waals surface area contributed by atoms with Crippen molar-refractivity contribution in [2.75, 3.05) is 10.6 Å². The summed E-state index contributed by atoms with van der Waals surface area (Å²) >= 11 is 1.11. The first-order chi connectivity index (χ1) is 15.5. The van der Waals surface area contributed by atoms with E-state index in [1.165, 1.54) is 6.92 Å². The van der Waals surface area contributed by atoms with Gasteiger partial charge in [-0.15, -0.1) is 10.2 Å². The molecule has 0 radical (unpaired) electrons. The quantitative estimate of drug-likeness (QED) is 0.471. The van der Waals surface area contributed by atoms with Crippen molar-refractivity contribution in [3.8, 4) is 11.3 Å². The first kappa shape index (κ1) is 24.2. The molecule has 0 saturated carbocycles. The van der Waals surface area contributed by atoms with E-state index >= 15 is 0 Å². The van der Waals surface area contributed by atoms with Crippen LogP contribution in [0, 0.1) is 27.7 Å². The molecule has 3 rings (SSSR count). The van der Waals surface area contributed by atoms with Gasteiger partial charge in [-0.3, -0.25) is 19.4 Å². The number of carbonyl (C=O) groups excluding carboxylic acids is 2. The Morgan fingerprint density at radius 1 is 0.970 bits per heavy atom. The van der Waals surface area contributed by atoms with Gasteiger partial charge in [0.2, 0.25) is 11.8 Å². The van der Waals surface area contributed by atoms with Crippen molar-refractivity contribution in [1.29, 1.82) is 0 Å². The third-order valence-corrected chi connectivity index (χ3v) is 5.98. The second-order valence-electron chi connectivity index (χ2n) is 8.06. The maximum atomic E-state index is 12.8. The summed E-state index contributed by atoms with van der Waals surface area (Å²) in [5.74, 6) is -0.454. The van der Waals surface area contributed by atoms with E-state index in [1.54, 1.807) is 13.0 Å². The van der Waals surface area contributed by atoms with E-state index in [9.17, 15) is 14.4 Å². The highest BCUT2D eigenvalue weighted by atomic mass is 32.2. The summed E-state index contributed by atoms with van der Waals surface area (Å²) in [6.45, 7) is 10.8. The van der Waals surface area contributed by atoms with Crippen LogP contribution in [0.5, 0.6) is 0 Å². The number of carbonyl (C=O) groups is 2. The van der Waals surface area contributed by atoms with E-state index < -0.39 is 10.8 Å². The van der Waals surface area contributed by atoms with Crippen molar-refractivity contribution < 1.29 is 9.59 Å². The second-order valence-corrected chi connectivity index (χ2v) is 9.39. The molecule has 0 aliphatic rings. The maximum Gasteiger partial charge on any atom is 0.278 e. The fourth-order valence-corrected chi connectivity index (χ4v) is 4.20. The molecule has 0 unspecified atom stereocenters. The van der Waals surface area contributed by atoms with E-state index in [-0.39, 0.29) is 22.7 Å². The molecular formula is C24H27N5O3S. The molecule has 3 aromatic rings. The van der Waals surface area contributed by atoms with Crippen LogP contribution in [0.15, 0.2) is 40.3 Å². The Labute approximate surface area is 196 Å². The molecule has 3 N–H and O–H groups in total. The minimum absolute atomic E-state index is 0.0993. The first-order valence-corrected chi connectivity index (χ1v) is 11.3. The number of rotatable bonds is 6. The van der Waals surface area contributed by atoms with E-state index in [1.807, 2.05) is 52.0 Å². The molecule has 0 fully saturated rings. The van der Waals surface area contributed by atoms with Gasteiger partial charge in [0.25, 0.3) is 5.56 Å². The zero-order chi connectivity index (χ0) is 24.3. The molecule has 1 aromatic heterocycles. The van der Waals surface area contributed by atoms with Gasteiger partial charge in [0.1, 0.15) is 0 Å². The van der Waals surface area contributed by atoms with Crippen LogP contribution < -0.4 is 16.2 Å². The van der Waals surface area contributed by atoms with Gasteiger partial charge >= 0.3 is 0 Å². The van der Waals surface area contributed by atoms with Crippen LogP contribution in [-0.2, 0) is 9.59 Å². The highest BCUT2D eigenvalue weighted by Gasteiger charge is 2.20. The largest absolute Gasteiger partial charge is 0.325 e. The molecule has 1 heterocycles. The predicted octanol–water partition coefficient (Wildman–Crippen LogP) is 4.14. The molecule has 1 atom stereocenters. The van der Waals surface area contributed by atoms with Crippen molar-refractivity contribution in [3.63, 3.8) is 0 Å². The van der Waals surface area contributed by atoms with Gasteiger partial charge in [-0.25, -0.2) is 0 Å². The molecule has 0 spiro atoms. The number of thioether (sulfide) groups is 1. The van der Waals surface area contributed by atoms with Crippen LogP contribution in [0.3, 0.4) is 0 Å². The molecule has 2 amide bonds. The molecule has 9 heteroatoms. The van der Waals surface area contributed by atoms with Crippen LogP contribution in [-0.4, -0.2) is 32.2 Å². The Bertz CT molecular complexity index is 1290. The average Bonchev–Trinajstić information content (AvgIpc) is 2.72. The smallest absolute Gasteiger partial charge is 0.278 e. The topological polar surface area (TPSA) is 117 Å². The summed E-state index contributed by atoms with van der Waals surface area (Å²) in [5.41, 5.74) is 5.24. The number of nitrogens with zero attached hydrogens (tertiary/aromatic N) is 2. The van der Waals surface area contributed by atoms with E-state index in [0.29, 0.717) is 11.3 Å². The van der Waals surface area contributed by atoms with Gasteiger partial charge in [-0.05, 0) is 57.9 Å². The fraction of sp³-hybridized carbons (Fsp3) is 0.292. The Hall–Kier alpha value is -3.46. The molecule has 33 heavy (non-hydrogen) atoms. The second kappa shape index (κ2) is 9.99. The third kappa shape index (κ3) is 5.87. The van der Waals surface area contributed by atoms with Crippen LogP contribution >= 0.6 is 11.8 Å². The number of aromatic nitrogens is 3. The van der Waals surface area contributed by atoms with Crippen molar-refractivity contribution in [2.24, 2.45) is 0 Å². The normalized spacial score (nSPS) is 11.7. The number of H-pyrrole nitrogens is 1. The van der Waals surface area contributed by atoms with E-state index in [4.69, 9.17) is 0 Å². The van der Waals surface area contributed by atoms with Crippen molar-refractivity contribution in [1.82, 2.24) is 15.2 Å². The summed E-state index contributed by atoms with van der Waals surface area (Å²) in [6, 6.07) is 9.50. The monoisotopic (exact) mass is 465 g/mol. The lowest BCUT2D eigenvalue weighted by molar-refractivity contribution is -0.115. The minimum atomic E-state index is -0.516. The number of amides is 2. The molecule has 0 saturated heterocycles. The summed E-state index contributed by atoms with van der Waals surface area (Å²) in [6.07, 6.45) is 0. The number of hydrogen-bond donors (Lipinski definition) is 3. The van der Waals surface area contributed by atoms with Gasteiger partial charge in [0, 0.05) is 18.2 Å². The van der Waals surface area contributed by atoms with Crippen molar-refractivity contribution in [3.05, 3.63) is 62.9 Å². The minimum Gasteiger partial charge on any atom is -0.325 e. The SMILES string of the molecule is CC(=O)Nc1c(C)cc(C)cc1-c1nnc(S[C@@H](C)C(=O)Nc2ccc(C)cc2C)[nH]c1=O. The van der Waals surface area contributed by atoms with Crippen molar-refractivity contribution >= 4 is 35.0 Å². The van der Waals surface area contributed by atoms with E-state index in [2.05, 4.69) is 25.8 Å². The van der Waals surface area contributed by atoms with Gasteiger partial charge in [-0.1, -0.05) is 41.1 Å². The lowest BCUT2D eigenvalue weighted by Crippen LogP contribution is -2.24. The number of hydrogen-bond acceptors (Lipinski definition) is 6. The third-order valence-electron chi connectivity index (χ3n) is 5.01. The Morgan fingerprint density at radius 2 is 1.67 bits per heavy atom. The fourth-order valence-electron chi connectivity index (χ4n) is 3.46. The summed E-state index contributed by atoms with van der Waals surface area (Å²) in [4.78, 5) is 39.8. The summed E-state index contributed by atoms with van der Waals surface area (Å²) in [5, 5.41) is 13.6. The highest BCUT2D eigenvalue weighted by molar-refractivity contribution is 8.00. The lowest BCUT2D eigenvalue weighted by Gasteiger charge is -2.14. The first-order valence-electron chi connectivity index (χ1n) is 10.5. The Kier molecular flexibility index (Phi) is 7.33. The predicted molar refractivity (Wildman–Crippen MR) is 132 cm³/mol. The van der Waals surface area contributed by atoms with E-state index in [0.717, 1.165) is 39.7 Å². The lowest BCUT2D eigenvalue weighted by atomic mass is 10.0. The molecular weight excluding hydrogens is 438 g/mol. The van der Waals surface area contributed by atoms with Crippen LogP contribution in [0.25, 0.3) is 11.3 Å².